The van der Waals surface area contributed by atoms with Crippen LogP contribution in [0.1, 0.15) is 225 Å². The fraction of sp³-hybridized carbons (Fsp3) is 0.233. The van der Waals surface area contributed by atoms with Gasteiger partial charge in [-0.05, 0) is 195 Å². The Kier molecular flexibility index (Phi) is 20.1. The van der Waals surface area contributed by atoms with Crippen molar-refractivity contribution in [2.75, 3.05) is 0 Å². The van der Waals surface area contributed by atoms with Crippen molar-refractivity contribution < 1.29 is 80.6 Å². The molecule has 148 heavy (non-hydrogen) atoms. The summed E-state index contributed by atoms with van der Waals surface area (Å²) < 4.78 is 257. The Balaban J connectivity index is 0.000000133. The monoisotopic (exact) mass is 1970 g/mol. The average molecular weight is 1970 g/mol. The van der Waals surface area contributed by atoms with E-state index in [2.05, 4.69) is 95.7 Å². The molecule has 23 rings (SSSR count). The molecule has 22 aromatic rings. The van der Waals surface area contributed by atoms with E-state index in [0.29, 0.717) is 55.4 Å². The molecule has 0 amide bonds. The fourth-order valence-corrected chi connectivity index (χ4v) is 21.0. The molecule has 0 aliphatic heterocycles. The number of aryl methyl sites for hydroxylation is 12. The number of hydrogen-bond acceptors (Lipinski definition) is 5. The third kappa shape index (κ3) is 17.7. The van der Waals surface area contributed by atoms with Gasteiger partial charge in [-0.2, -0.15) is 0 Å². The summed E-state index contributed by atoms with van der Waals surface area (Å²) in [5, 5.41) is 7.19. The third-order valence-corrected chi connectivity index (χ3v) is 28.2. The Morgan fingerprint density at radius 3 is 0.966 bits per heavy atom. The molecule has 10 aromatic heterocycles. The highest BCUT2D eigenvalue weighted by atomic mass is 16.3. The van der Waals surface area contributed by atoms with Gasteiger partial charge in [-0.15, -0.1) is 0 Å². The van der Waals surface area contributed by atoms with Crippen molar-refractivity contribution in [3.63, 3.8) is 0 Å². The maximum Gasteiger partial charge on any atom is 0.216 e. The minimum absolute atomic E-state index is 0.0294. The maximum absolute atomic E-state index is 9.34. The Morgan fingerprint density at radius 1 is 0.297 bits per heavy atom. The van der Waals surface area contributed by atoms with E-state index in [1.807, 2.05) is 205 Å². The quantitative estimate of drug-likeness (QED) is 0.0895. The molecule has 730 valence electrons. The molecule has 1 aliphatic carbocycles. The number of furan rings is 5. The predicted octanol–water partition coefficient (Wildman–Crippen LogP) is 35.5. The SMILES string of the molecule is [2H]C([2H])([2H])C([2H])(C)c1cc2c(oc3c(-c4cccc[n+]4C)c(C)ccc32)c(C([2H])(C)C([2H])([2H])[2H])c1[N+]#[C-].[2H]C1(c2c([N+]#[C-])c(C)cc3c2oc2c(-c4cccc[n+]4C)c(C)ccc23)CCCCC1.[2H]c1c([2H])c([2H])[n+](C)c(-c2c(C)ccc3c2oc2c(C([2H])(C)C([2H])([2H])[2H])c([N+]#[C-])c(C([2H])(C)C([2H])([2H])[2H])cc23)c1[2H].[2H]c1c([2H])c([2H])c(-c2c([N+]#[C-])c(C)cc3c2oc2c(-c4cccc[n+]4C)c(C)ccc23)c([2H])c1[2H].[C-]#[N+]c1c(C)cc2c(oc3c(-c4cccc[n+]4C)c(C)ccc32)c1-c1ccccc1. The van der Waals surface area contributed by atoms with E-state index in [4.69, 9.17) is 89.2 Å². The third-order valence-electron chi connectivity index (χ3n) is 28.2. The van der Waals surface area contributed by atoms with Gasteiger partial charge in [-0.25, -0.2) is 47.1 Å². The van der Waals surface area contributed by atoms with Gasteiger partial charge in [0.15, 0.2) is 48.0 Å². The lowest BCUT2D eigenvalue weighted by atomic mass is 9.82. The van der Waals surface area contributed by atoms with Crippen molar-refractivity contribution in [1.29, 1.82) is 0 Å². The lowest BCUT2D eigenvalue weighted by Crippen LogP contribution is -2.30. The van der Waals surface area contributed by atoms with Crippen molar-refractivity contribution in [2.45, 2.75) is 172 Å². The summed E-state index contributed by atoms with van der Waals surface area (Å²) in [5.41, 5.74) is 22.4. The van der Waals surface area contributed by atoms with Crippen molar-refractivity contribution in [3.05, 3.63) is 403 Å². The molecular formula is C133H123N10O5+5. The van der Waals surface area contributed by atoms with Crippen LogP contribution in [0.2, 0.25) is 0 Å². The highest BCUT2D eigenvalue weighted by molar-refractivity contribution is 6.19. The maximum atomic E-state index is 9.34. The van der Waals surface area contributed by atoms with Crippen molar-refractivity contribution in [1.82, 2.24) is 0 Å². The fourth-order valence-electron chi connectivity index (χ4n) is 21.0. The largest absolute Gasteiger partial charge is 0.456 e. The Morgan fingerprint density at radius 2 is 0.608 bits per heavy atom. The van der Waals surface area contributed by atoms with Crippen LogP contribution in [0.3, 0.4) is 0 Å². The summed E-state index contributed by atoms with van der Waals surface area (Å²) in [4.78, 5) is 18.4. The Bertz CT molecular complexity index is 10700. The summed E-state index contributed by atoms with van der Waals surface area (Å²) in [6, 6.07) is 59.0. The highest BCUT2D eigenvalue weighted by Crippen LogP contribution is 2.54. The van der Waals surface area contributed by atoms with Crippen molar-refractivity contribution >= 4 is 138 Å². The number of aromatic nitrogens is 5. The van der Waals surface area contributed by atoms with Gasteiger partial charge >= 0.3 is 0 Å². The molecule has 0 N–H and O–H groups in total. The van der Waals surface area contributed by atoms with Crippen LogP contribution < -0.4 is 22.8 Å². The number of fused-ring (bicyclic) bond motifs is 15. The Labute approximate surface area is 903 Å². The molecule has 15 nitrogen and oxygen atoms in total. The summed E-state index contributed by atoms with van der Waals surface area (Å²) in [6.45, 7) is 47.9. The van der Waals surface area contributed by atoms with Crippen LogP contribution in [0.25, 0.3) is 212 Å². The predicted molar refractivity (Wildman–Crippen MR) is 604 cm³/mol. The van der Waals surface area contributed by atoms with E-state index in [-0.39, 0.29) is 102 Å². The molecule has 0 saturated heterocycles. The second-order valence-corrected chi connectivity index (χ2v) is 37.9. The molecule has 4 unspecified atom stereocenters. The number of rotatable bonds is 12. The van der Waals surface area contributed by atoms with Crippen LogP contribution in [-0.4, -0.2) is 0 Å². The van der Waals surface area contributed by atoms with Gasteiger partial charge in [-0.1, -0.05) is 226 Å². The van der Waals surface area contributed by atoms with Gasteiger partial charge in [0.2, 0.25) is 39.8 Å². The molecule has 15 heteroatoms. The zero-order valence-corrected chi connectivity index (χ0v) is 85.3. The lowest BCUT2D eigenvalue weighted by molar-refractivity contribution is -0.660. The topological polar surface area (TPSA) is 107 Å². The molecule has 12 aromatic carbocycles. The number of nitrogens with zero attached hydrogens (tertiary/aromatic N) is 10. The van der Waals surface area contributed by atoms with E-state index in [9.17, 15) is 1.37 Å². The molecule has 4 atom stereocenters. The van der Waals surface area contributed by atoms with E-state index < -0.39 is 92.8 Å². The second-order valence-electron chi connectivity index (χ2n) is 37.9. The van der Waals surface area contributed by atoms with Gasteiger partial charge in [0.25, 0.3) is 0 Å². The minimum atomic E-state index is -2.99. The summed E-state index contributed by atoms with van der Waals surface area (Å²) in [7, 11) is 9.40. The van der Waals surface area contributed by atoms with Crippen LogP contribution in [0, 0.1) is 88.3 Å². The van der Waals surface area contributed by atoms with Gasteiger partial charge in [0, 0.05) is 166 Å². The van der Waals surface area contributed by atoms with Gasteiger partial charge in [0.1, 0.15) is 92.4 Å². The molecule has 1 aliphatic rings. The molecular weight excluding hydrogens is 1820 g/mol. The van der Waals surface area contributed by atoms with Gasteiger partial charge in [-0.3, -0.25) is 0 Å². The summed E-state index contributed by atoms with van der Waals surface area (Å²) >= 11 is 0. The zero-order valence-electron chi connectivity index (χ0n) is 111. The van der Waals surface area contributed by atoms with Crippen molar-refractivity contribution in [3.8, 4) is 78.5 Å². The molecule has 0 spiro atoms. The average Bonchev–Trinajstić information content (AvgIpc) is 1.54. The van der Waals surface area contributed by atoms with E-state index in [1.165, 1.54) is 37.6 Å². The highest BCUT2D eigenvalue weighted by Gasteiger charge is 2.34. The van der Waals surface area contributed by atoms with Crippen LogP contribution in [-0.2, 0) is 35.2 Å². The van der Waals surface area contributed by atoms with Crippen molar-refractivity contribution in [2.24, 2.45) is 35.2 Å². The molecule has 1 saturated carbocycles. The first-order valence-electron chi connectivity index (χ1n) is 61.6. The molecule has 10 heterocycles. The minimum Gasteiger partial charge on any atom is -0.456 e. The Hall–Kier alpha value is -17.2. The number of pyridine rings is 5. The summed E-state index contributed by atoms with van der Waals surface area (Å²) in [6.07, 6.45) is 12.4. The van der Waals surface area contributed by atoms with Crippen LogP contribution in [0.5, 0.6) is 0 Å². The van der Waals surface area contributed by atoms with Gasteiger partial charge < -0.3 is 22.1 Å². The normalized spacial score (nSPS) is 16.8. The number of hydrogen-bond donors (Lipinski definition) is 0. The molecule has 0 bridgehead atoms. The van der Waals surface area contributed by atoms with Gasteiger partial charge in [0.05, 0.1) is 71.6 Å². The van der Waals surface area contributed by atoms with E-state index >= 15 is 0 Å². The lowest BCUT2D eigenvalue weighted by Gasteiger charge is -2.23. The smallest absolute Gasteiger partial charge is 0.216 e. The molecule has 1 fully saturated rings. The standard InChI is InChI=1S/C27H27N2O.2C27H21N2O.2C26H27N2O/c3*1-17-13-14-20-21-16-18(2)25(28-3)24(19-10-6-5-7-11-19)27(21)30-26(20)23(17)22-12-8-9-15-29(22)4;2*1-15(2)19-14-20-18-12-11-17(5)23(21-10-8-9-13-28(21)7)25(18)29-26(20)22(16(3)4)24(19)27-6/h8-9,12-16,19H,5-7,10-11H2,1-2,4H3;2*5-16H,1-2,4H3;2*8-16H,1-5,7H3/q5*+1/i19D;5D,6D,7D,10D,11D;;1D3,3D3,8D,9D,10D,13D,15D,16D;1D3,3D3,15D,16D. The van der Waals surface area contributed by atoms with Crippen LogP contribution >= 0.6 is 0 Å². The first kappa shape index (κ1) is 72.2. The number of benzene rings is 12. The van der Waals surface area contributed by atoms with Crippen LogP contribution in [0.15, 0.2) is 296 Å². The molecule has 0 radical (unpaired) electrons. The second kappa shape index (κ2) is 41.2. The van der Waals surface area contributed by atoms with E-state index in [1.54, 1.807) is 32.0 Å². The zero-order chi connectivity index (χ0) is 127. The van der Waals surface area contributed by atoms with E-state index in [0.717, 1.165) is 196 Å². The first-order valence-corrected chi connectivity index (χ1v) is 48.6. The van der Waals surface area contributed by atoms with Crippen LogP contribution in [0.4, 0.5) is 28.4 Å². The first-order chi connectivity index (χ1) is 81.8. The summed E-state index contributed by atoms with van der Waals surface area (Å²) in [5.74, 6) is -10.2.